The second-order valence-electron chi connectivity index (χ2n) is 4.36. The standard InChI is InChI=1S/C12H14N2O2S/c1-9(10-6-7-10)14-17(15,16)12-5-3-2-4-11(12)8-13/h2-5,9-10,14H,6-7H2,1H3/t9-/m0/s1. The number of nitrogens with one attached hydrogen (secondary N) is 1. The predicted molar refractivity (Wildman–Crippen MR) is 63.7 cm³/mol. The molecular weight excluding hydrogens is 236 g/mol. The Balaban J connectivity index is 2.28. The maximum absolute atomic E-state index is 12.1. The van der Waals surface area contributed by atoms with E-state index in [-0.39, 0.29) is 16.5 Å². The van der Waals surface area contributed by atoms with Crippen LogP contribution in [0.25, 0.3) is 0 Å². The Bertz CT molecular complexity index is 556. The highest BCUT2D eigenvalue weighted by molar-refractivity contribution is 7.89. The molecule has 90 valence electrons. The van der Waals surface area contributed by atoms with Crippen LogP contribution in [-0.4, -0.2) is 14.5 Å². The minimum absolute atomic E-state index is 0.0632. The van der Waals surface area contributed by atoms with Gasteiger partial charge in [0.15, 0.2) is 0 Å². The highest BCUT2D eigenvalue weighted by Gasteiger charge is 2.31. The molecule has 5 heteroatoms. The number of benzene rings is 1. The molecule has 0 amide bonds. The van der Waals surface area contributed by atoms with Crippen LogP contribution in [0.1, 0.15) is 25.3 Å². The Morgan fingerprint density at radius 2 is 2.06 bits per heavy atom. The van der Waals surface area contributed by atoms with Gasteiger partial charge in [-0.05, 0) is 37.8 Å². The van der Waals surface area contributed by atoms with Gasteiger partial charge in [-0.15, -0.1) is 0 Å². The highest BCUT2D eigenvalue weighted by atomic mass is 32.2. The van der Waals surface area contributed by atoms with Gasteiger partial charge in [0.25, 0.3) is 0 Å². The Hall–Kier alpha value is -1.38. The Morgan fingerprint density at radius 1 is 1.41 bits per heavy atom. The third-order valence-electron chi connectivity index (χ3n) is 2.97. The van der Waals surface area contributed by atoms with Crippen molar-refractivity contribution in [3.05, 3.63) is 29.8 Å². The van der Waals surface area contributed by atoms with Crippen molar-refractivity contribution in [2.75, 3.05) is 0 Å². The summed E-state index contributed by atoms with van der Waals surface area (Å²) in [6.45, 7) is 1.87. The van der Waals surface area contributed by atoms with Crippen LogP contribution >= 0.6 is 0 Å². The molecule has 0 aliphatic heterocycles. The van der Waals surface area contributed by atoms with Gasteiger partial charge in [-0.3, -0.25) is 0 Å². The highest BCUT2D eigenvalue weighted by Crippen LogP contribution is 2.33. The molecule has 0 unspecified atom stereocenters. The molecule has 1 saturated carbocycles. The summed E-state index contributed by atoms with van der Waals surface area (Å²) in [7, 11) is -3.58. The van der Waals surface area contributed by atoms with Crippen molar-refractivity contribution in [1.82, 2.24) is 4.72 Å². The molecule has 1 atom stereocenters. The van der Waals surface area contributed by atoms with Gasteiger partial charge < -0.3 is 0 Å². The molecule has 0 heterocycles. The van der Waals surface area contributed by atoms with Crippen LogP contribution in [0.5, 0.6) is 0 Å². The van der Waals surface area contributed by atoms with E-state index in [1.165, 1.54) is 12.1 Å². The molecule has 0 saturated heterocycles. The molecule has 2 rings (SSSR count). The molecule has 17 heavy (non-hydrogen) atoms. The predicted octanol–water partition coefficient (Wildman–Crippen LogP) is 1.64. The number of nitrogens with zero attached hydrogens (tertiary/aromatic N) is 1. The van der Waals surface area contributed by atoms with E-state index in [4.69, 9.17) is 5.26 Å². The quantitative estimate of drug-likeness (QED) is 0.883. The average Bonchev–Trinajstić information content (AvgIpc) is 3.12. The molecule has 0 aromatic heterocycles. The lowest BCUT2D eigenvalue weighted by molar-refractivity contribution is 0.538. The van der Waals surface area contributed by atoms with E-state index in [2.05, 4.69) is 4.72 Å². The Kier molecular flexibility index (Phi) is 3.18. The smallest absolute Gasteiger partial charge is 0.208 e. The van der Waals surface area contributed by atoms with Crippen LogP contribution in [-0.2, 0) is 10.0 Å². The number of hydrogen-bond acceptors (Lipinski definition) is 3. The third-order valence-corrected chi connectivity index (χ3v) is 4.58. The van der Waals surface area contributed by atoms with Gasteiger partial charge in [0.1, 0.15) is 6.07 Å². The van der Waals surface area contributed by atoms with Gasteiger partial charge in [-0.25, -0.2) is 13.1 Å². The largest absolute Gasteiger partial charge is 0.242 e. The number of nitriles is 1. The van der Waals surface area contributed by atoms with Crippen molar-refractivity contribution < 1.29 is 8.42 Å². The van der Waals surface area contributed by atoms with Crippen LogP contribution in [0, 0.1) is 17.2 Å². The maximum atomic E-state index is 12.1. The topological polar surface area (TPSA) is 70.0 Å². The average molecular weight is 250 g/mol. The van der Waals surface area contributed by atoms with E-state index < -0.39 is 10.0 Å². The summed E-state index contributed by atoms with van der Waals surface area (Å²) in [5, 5.41) is 8.90. The molecule has 1 aliphatic carbocycles. The number of hydrogen-bond donors (Lipinski definition) is 1. The van der Waals surface area contributed by atoms with Gasteiger partial charge in [0.2, 0.25) is 10.0 Å². The monoisotopic (exact) mass is 250 g/mol. The molecule has 1 aliphatic rings. The molecule has 0 spiro atoms. The maximum Gasteiger partial charge on any atom is 0.242 e. The molecule has 1 aromatic rings. The van der Waals surface area contributed by atoms with Crippen LogP contribution in [0.2, 0.25) is 0 Å². The zero-order valence-electron chi connectivity index (χ0n) is 9.55. The molecule has 4 nitrogen and oxygen atoms in total. The molecule has 1 aromatic carbocycles. The van der Waals surface area contributed by atoms with Gasteiger partial charge in [-0.2, -0.15) is 5.26 Å². The number of sulfonamides is 1. The first-order chi connectivity index (χ1) is 8.04. The third kappa shape index (κ3) is 2.65. The van der Waals surface area contributed by atoms with Crippen LogP contribution < -0.4 is 4.72 Å². The van der Waals surface area contributed by atoms with Crippen molar-refractivity contribution in [3.63, 3.8) is 0 Å². The molecule has 1 N–H and O–H groups in total. The van der Waals surface area contributed by atoms with Crippen LogP contribution in [0.15, 0.2) is 29.2 Å². The van der Waals surface area contributed by atoms with E-state index in [0.717, 1.165) is 12.8 Å². The van der Waals surface area contributed by atoms with Crippen molar-refractivity contribution in [1.29, 1.82) is 5.26 Å². The summed E-state index contributed by atoms with van der Waals surface area (Å²) in [5.74, 6) is 0.444. The summed E-state index contributed by atoms with van der Waals surface area (Å²) in [5.41, 5.74) is 0.183. The van der Waals surface area contributed by atoms with Crippen molar-refractivity contribution in [2.24, 2.45) is 5.92 Å². The molecule has 0 radical (unpaired) electrons. The van der Waals surface area contributed by atoms with Crippen LogP contribution in [0.3, 0.4) is 0 Å². The summed E-state index contributed by atoms with van der Waals surface area (Å²) < 4.78 is 26.8. The van der Waals surface area contributed by atoms with E-state index in [1.54, 1.807) is 12.1 Å². The van der Waals surface area contributed by atoms with Crippen molar-refractivity contribution in [3.8, 4) is 6.07 Å². The normalized spacial score (nSPS) is 17.4. The molecular formula is C12H14N2O2S. The SMILES string of the molecule is C[C@H](NS(=O)(=O)c1ccccc1C#N)C1CC1. The zero-order chi connectivity index (χ0) is 12.5. The van der Waals surface area contributed by atoms with E-state index in [9.17, 15) is 8.42 Å². The number of rotatable bonds is 4. The Morgan fingerprint density at radius 3 is 2.65 bits per heavy atom. The minimum Gasteiger partial charge on any atom is -0.208 e. The summed E-state index contributed by atoms with van der Waals surface area (Å²) >= 11 is 0. The van der Waals surface area contributed by atoms with Gasteiger partial charge >= 0.3 is 0 Å². The lowest BCUT2D eigenvalue weighted by Crippen LogP contribution is -2.34. The summed E-state index contributed by atoms with van der Waals surface area (Å²) in [4.78, 5) is 0.0648. The minimum atomic E-state index is -3.58. The second kappa shape index (κ2) is 4.47. The van der Waals surface area contributed by atoms with Gasteiger partial charge in [0, 0.05) is 6.04 Å². The van der Waals surface area contributed by atoms with Crippen molar-refractivity contribution >= 4 is 10.0 Å². The van der Waals surface area contributed by atoms with Crippen LogP contribution in [0.4, 0.5) is 0 Å². The first-order valence-electron chi connectivity index (χ1n) is 5.56. The lowest BCUT2D eigenvalue weighted by atomic mass is 10.2. The first-order valence-corrected chi connectivity index (χ1v) is 7.04. The van der Waals surface area contributed by atoms with E-state index in [0.29, 0.717) is 5.92 Å². The van der Waals surface area contributed by atoms with Crippen molar-refractivity contribution in [2.45, 2.75) is 30.7 Å². The summed E-state index contributed by atoms with van der Waals surface area (Å²) in [6, 6.07) is 8.08. The van der Waals surface area contributed by atoms with E-state index >= 15 is 0 Å². The fourth-order valence-electron chi connectivity index (χ4n) is 1.79. The summed E-state index contributed by atoms with van der Waals surface area (Å²) in [6.07, 6.45) is 2.15. The van der Waals surface area contributed by atoms with E-state index in [1.807, 2.05) is 13.0 Å². The first kappa shape index (κ1) is 12.1. The fourth-order valence-corrected chi connectivity index (χ4v) is 3.26. The lowest BCUT2D eigenvalue weighted by Gasteiger charge is -2.13. The molecule has 0 bridgehead atoms. The fraction of sp³-hybridized carbons (Fsp3) is 0.417. The Labute approximate surface area is 101 Å². The van der Waals surface area contributed by atoms with Gasteiger partial charge in [-0.1, -0.05) is 12.1 Å². The molecule has 1 fully saturated rings. The second-order valence-corrected chi connectivity index (χ2v) is 6.04. The van der Waals surface area contributed by atoms with Gasteiger partial charge in [0.05, 0.1) is 10.5 Å². The zero-order valence-corrected chi connectivity index (χ0v) is 10.4.